The van der Waals surface area contributed by atoms with Gasteiger partial charge in [0.2, 0.25) is 0 Å². The third-order valence-electron chi connectivity index (χ3n) is 3.73. The molecule has 1 heterocycles. The second-order valence-electron chi connectivity index (χ2n) is 5.96. The molecule has 0 spiro atoms. The van der Waals surface area contributed by atoms with E-state index in [4.69, 9.17) is 4.74 Å². The SMILES string of the molecule is Cc1c(C(=O)Nc2ccc(OC(C)C)cc2)[nH]c2cc(F)ccc12. The number of ether oxygens (including phenoxy) is 1. The number of carbonyl (C=O) groups is 1. The highest BCUT2D eigenvalue weighted by Crippen LogP contribution is 2.24. The zero-order chi connectivity index (χ0) is 17.3. The van der Waals surface area contributed by atoms with Crippen molar-refractivity contribution in [2.24, 2.45) is 0 Å². The number of H-pyrrole nitrogens is 1. The molecule has 3 rings (SSSR count). The molecule has 0 saturated carbocycles. The molecule has 1 amide bonds. The van der Waals surface area contributed by atoms with Gasteiger partial charge in [0.25, 0.3) is 5.91 Å². The third kappa shape index (κ3) is 3.25. The first-order chi connectivity index (χ1) is 11.4. The second-order valence-corrected chi connectivity index (χ2v) is 5.96. The standard InChI is InChI=1S/C19H19FN2O2/c1-11(2)24-15-7-5-14(6-8-15)21-19(23)18-12(3)16-9-4-13(20)10-17(16)22-18/h4-11,22H,1-3H3,(H,21,23). The Bertz CT molecular complexity index is 882. The van der Waals surface area contributed by atoms with Crippen molar-refractivity contribution in [1.82, 2.24) is 4.98 Å². The second kappa shape index (κ2) is 6.35. The Hall–Kier alpha value is -2.82. The number of rotatable bonds is 4. The van der Waals surface area contributed by atoms with Crippen LogP contribution in [0.1, 0.15) is 29.9 Å². The number of halogens is 1. The number of hydrogen-bond acceptors (Lipinski definition) is 2. The van der Waals surface area contributed by atoms with Gasteiger partial charge in [0.05, 0.1) is 6.10 Å². The fourth-order valence-corrected chi connectivity index (χ4v) is 2.62. The van der Waals surface area contributed by atoms with Crippen molar-refractivity contribution in [3.05, 3.63) is 59.5 Å². The highest BCUT2D eigenvalue weighted by atomic mass is 19.1. The van der Waals surface area contributed by atoms with E-state index in [2.05, 4.69) is 10.3 Å². The quantitative estimate of drug-likeness (QED) is 0.733. The number of fused-ring (bicyclic) bond motifs is 1. The van der Waals surface area contributed by atoms with E-state index in [9.17, 15) is 9.18 Å². The van der Waals surface area contributed by atoms with Crippen molar-refractivity contribution in [3.8, 4) is 5.75 Å². The van der Waals surface area contributed by atoms with Crippen LogP contribution in [0.4, 0.5) is 10.1 Å². The lowest BCUT2D eigenvalue weighted by molar-refractivity contribution is 0.102. The van der Waals surface area contributed by atoms with E-state index in [0.717, 1.165) is 16.7 Å². The van der Waals surface area contributed by atoms with Gasteiger partial charge in [0, 0.05) is 16.6 Å². The van der Waals surface area contributed by atoms with Crippen molar-refractivity contribution in [2.45, 2.75) is 26.9 Å². The number of aromatic amines is 1. The Morgan fingerprint density at radius 2 is 1.88 bits per heavy atom. The first-order valence-electron chi connectivity index (χ1n) is 7.80. The molecule has 24 heavy (non-hydrogen) atoms. The lowest BCUT2D eigenvalue weighted by atomic mass is 10.1. The van der Waals surface area contributed by atoms with E-state index in [1.54, 1.807) is 18.2 Å². The molecule has 124 valence electrons. The topological polar surface area (TPSA) is 54.1 Å². The van der Waals surface area contributed by atoms with Crippen LogP contribution in [-0.4, -0.2) is 17.0 Å². The van der Waals surface area contributed by atoms with Gasteiger partial charge in [0.1, 0.15) is 17.3 Å². The number of aryl methyl sites for hydroxylation is 1. The van der Waals surface area contributed by atoms with E-state index < -0.39 is 0 Å². The molecule has 0 saturated heterocycles. The fraction of sp³-hybridized carbons (Fsp3) is 0.211. The number of carbonyl (C=O) groups excluding carboxylic acids is 1. The monoisotopic (exact) mass is 326 g/mol. The predicted molar refractivity (Wildman–Crippen MR) is 93.2 cm³/mol. The van der Waals surface area contributed by atoms with Gasteiger partial charge in [0.15, 0.2) is 0 Å². The Balaban J connectivity index is 1.81. The van der Waals surface area contributed by atoms with E-state index >= 15 is 0 Å². The largest absolute Gasteiger partial charge is 0.491 e. The zero-order valence-corrected chi connectivity index (χ0v) is 13.8. The Labute approximate surface area is 139 Å². The lowest BCUT2D eigenvalue weighted by Gasteiger charge is -2.10. The van der Waals surface area contributed by atoms with Crippen LogP contribution in [0.5, 0.6) is 5.75 Å². The van der Waals surface area contributed by atoms with Crippen LogP contribution in [0.25, 0.3) is 10.9 Å². The molecule has 0 unspecified atom stereocenters. The number of nitrogens with one attached hydrogen (secondary N) is 2. The molecule has 0 radical (unpaired) electrons. The predicted octanol–water partition coefficient (Wildman–Crippen LogP) is 4.65. The van der Waals surface area contributed by atoms with Gasteiger partial charge in [-0.1, -0.05) is 0 Å². The van der Waals surface area contributed by atoms with Gasteiger partial charge < -0.3 is 15.0 Å². The smallest absolute Gasteiger partial charge is 0.272 e. The summed E-state index contributed by atoms with van der Waals surface area (Å²) in [4.78, 5) is 15.5. The summed E-state index contributed by atoms with van der Waals surface area (Å²) in [6.45, 7) is 5.75. The average molecular weight is 326 g/mol. The Morgan fingerprint density at radius 1 is 1.17 bits per heavy atom. The number of anilines is 1. The molecule has 4 nitrogen and oxygen atoms in total. The van der Waals surface area contributed by atoms with E-state index in [1.807, 2.05) is 32.9 Å². The van der Waals surface area contributed by atoms with E-state index in [1.165, 1.54) is 12.1 Å². The highest BCUT2D eigenvalue weighted by Gasteiger charge is 2.15. The van der Waals surface area contributed by atoms with Crippen LogP contribution in [-0.2, 0) is 0 Å². The molecule has 0 bridgehead atoms. The maximum atomic E-state index is 13.3. The molecule has 2 aromatic carbocycles. The Kier molecular flexibility index (Phi) is 4.25. The van der Waals surface area contributed by atoms with Crippen molar-refractivity contribution < 1.29 is 13.9 Å². The summed E-state index contributed by atoms with van der Waals surface area (Å²) in [6, 6.07) is 11.6. The molecular formula is C19H19FN2O2. The summed E-state index contributed by atoms with van der Waals surface area (Å²) in [6.07, 6.45) is 0.0971. The zero-order valence-electron chi connectivity index (χ0n) is 13.8. The molecule has 5 heteroatoms. The summed E-state index contributed by atoms with van der Waals surface area (Å²) in [5, 5.41) is 3.67. The van der Waals surface area contributed by atoms with Gasteiger partial charge in [-0.05, 0) is 68.8 Å². The van der Waals surface area contributed by atoms with Crippen LogP contribution < -0.4 is 10.1 Å². The minimum Gasteiger partial charge on any atom is -0.491 e. The van der Waals surface area contributed by atoms with Gasteiger partial charge in [-0.25, -0.2) is 4.39 Å². The van der Waals surface area contributed by atoms with E-state index in [-0.39, 0.29) is 17.8 Å². The van der Waals surface area contributed by atoms with Crippen LogP contribution >= 0.6 is 0 Å². The molecule has 0 atom stereocenters. The molecule has 0 aliphatic heterocycles. The molecule has 0 fully saturated rings. The molecular weight excluding hydrogens is 307 g/mol. The summed E-state index contributed by atoms with van der Waals surface area (Å²) >= 11 is 0. The van der Waals surface area contributed by atoms with Gasteiger partial charge >= 0.3 is 0 Å². The first kappa shape index (κ1) is 16.1. The number of hydrogen-bond donors (Lipinski definition) is 2. The molecule has 0 aliphatic carbocycles. The van der Waals surface area contributed by atoms with Crippen molar-refractivity contribution in [1.29, 1.82) is 0 Å². The minimum atomic E-state index is -0.337. The van der Waals surface area contributed by atoms with Gasteiger partial charge in [-0.2, -0.15) is 0 Å². The molecule has 2 N–H and O–H groups in total. The fourth-order valence-electron chi connectivity index (χ4n) is 2.62. The maximum Gasteiger partial charge on any atom is 0.272 e. The highest BCUT2D eigenvalue weighted by molar-refractivity contribution is 6.07. The van der Waals surface area contributed by atoms with Crippen LogP contribution in [0, 0.1) is 12.7 Å². The van der Waals surface area contributed by atoms with Crippen molar-refractivity contribution in [2.75, 3.05) is 5.32 Å². The first-order valence-corrected chi connectivity index (χ1v) is 7.80. The Morgan fingerprint density at radius 3 is 2.54 bits per heavy atom. The molecule has 0 aliphatic rings. The summed E-state index contributed by atoms with van der Waals surface area (Å²) in [5.74, 6) is 0.151. The summed E-state index contributed by atoms with van der Waals surface area (Å²) in [7, 11) is 0. The average Bonchev–Trinajstić information content (AvgIpc) is 2.85. The normalized spacial score (nSPS) is 11.0. The van der Waals surface area contributed by atoms with Gasteiger partial charge in [-0.15, -0.1) is 0 Å². The molecule has 3 aromatic rings. The van der Waals surface area contributed by atoms with Crippen LogP contribution in [0.15, 0.2) is 42.5 Å². The number of aromatic nitrogens is 1. The van der Waals surface area contributed by atoms with Crippen molar-refractivity contribution >= 4 is 22.5 Å². The minimum absolute atomic E-state index is 0.0971. The van der Waals surface area contributed by atoms with E-state index in [0.29, 0.717) is 16.9 Å². The number of amides is 1. The number of benzene rings is 2. The lowest BCUT2D eigenvalue weighted by Crippen LogP contribution is -2.13. The van der Waals surface area contributed by atoms with Gasteiger partial charge in [-0.3, -0.25) is 4.79 Å². The third-order valence-corrected chi connectivity index (χ3v) is 3.73. The van der Waals surface area contributed by atoms with Crippen LogP contribution in [0.2, 0.25) is 0 Å². The molecule has 1 aromatic heterocycles. The van der Waals surface area contributed by atoms with Crippen molar-refractivity contribution in [3.63, 3.8) is 0 Å². The summed E-state index contributed by atoms with van der Waals surface area (Å²) in [5.41, 5.74) is 2.50. The van der Waals surface area contributed by atoms with Crippen LogP contribution in [0.3, 0.4) is 0 Å². The maximum absolute atomic E-state index is 13.3. The summed E-state index contributed by atoms with van der Waals surface area (Å²) < 4.78 is 18.9.